The van der Waals surface area contributed by atoms with E-state index in [2.05, 4.69) is 30.4 Å². The van der Waals surface area contributed by atoms with Gasteiger partial charge in [-0.2, -0.15) is 0 Å². The van der Waals surface area contributed by atoms with Crippen LogP contribution in [-0.4, -0.2) is 23.9 Å². The number of fused-ring (bicyclic) bond motifs is 1. The normalized spacial score (nSPS) is 24.8. The average Bonchev–Trinajstić information content (AvgIpc) is 2.76. The molecule has 110 valence electrons. The molecule has 0 saturated heterocycles. The average molecular weight is 275 g/mol. The van der Waals surface area contributed by atoms with Crippen LogP contribution in [0.3, 0.4) is 0 Å². The number of aliphatic hydroxyl groups is 1. The van der Waals surface area contributed by atoms with Crippen LogP contribution in [0.25, 0.3) is 0 Å². The minimum atomic E-state index is -0.489. The van der Waals surface area contributed by atoms with E-state index in [9.17, 15) is 5.11 Å². The van der Waals surface area contributed by atoms with Crippen LogP contribution in [0.2, 0.25) is 0 Å². The predicted octanol–water partition coefficient (Wildman–Crippen LogP) is 3.10. The van der Waals surface area contributed by atoms with E-state index in [0.717, 1.165) is 50.9 Å². The molecule has 20 heavy (non-hydrogen) atoms. The van der Waals surface area contributed by atoms with Crippen molar-refractivity contribution >= 4 is 0 Å². The van der Waals surface area contributed by atoms with Crippen LogP contribution in [0.15, 0.2) is 18.2 Å². The summed E-state index contributed by atoms with van der Waals surface area (Å²) in [5, 5.41) is 14.1. The third-order valence-electron chi connectivity index (χ3n) is 4.65. The van der Waals surface area contributed by atoms with Crippen molar-refractivity contribution in [2.45, 2.75) is 57.1 Å². The van der Waals surface area contributed by atoms with Crippen LogP contribution in [0.5, 0.6) is 5.75 Å². The number of aryl methyl sites for hydroxylation is 1. The van der Waals surface area contributed by atoms with E-state index in [1.54, 1.807) is 0 Å². The van der Waals surface area contributed by atoms with E-state index in [1.165, 1.54) is 11.1 Å². The second-order valence-electron chi connectivity index (χ2n) is 6.40. The van der Waals surface area contributed by atoms with Crippen molar-refractivity contribution in [1.82, 2.24) is 5.32 Å². The third kappa shape index (κ3) is 2.99. The molecular formula is C17H25NO2. The fourth-order valence-corrected chi connectivity index (χ4v) is 3.43. The van der Waals surface area contributed by atoms with E-state index in [4.69, 9.17) is 4.74 Å². The Labute approximate surface area is 121 Å². The number of hydrogen-bond acceptors (Lipinski definition) is 3. The van der Waals surface area contributed by atoms with Gasteiger partial charge in [-0.3, -0.25) is 0 Å². The molecule has 3 nitrogen and oxygen atoms in total. The standard InChI is InChI=1S/C17H25NO2/c1-13-6-7-16-14(11-13)15(5-4-10-20-16)18-12-17(19)8-2-3-9-17/h6-7,11,15,18-19H,2-5,8-10,12H2,1H3. The van der Waals surface area contributed by atoms with Crippen LogP contribution in [0, 0.1) is 6.92 Å². The maximum Gasteiger partial charge on any atom is 0.124 e. The SMILES string of the molecule is Cc1ccc2c(c1)C(NCC1(O)CCCC1)CCCO2. The lowest BCUT2D eigenvalue weighted by molar-refractivity contribution is 0.0445. The summed E-state index contributed by atoms with van der Waals surface area (Å²) >= 11 is 0. The van der Waals surface area contributed by atoms with Crippen molar-refractivity contribution < 1.29 is 9.84 Å². The van der Waals surface area contributed by atoms with Crippen molar-refractivity contribution in [2.75, 3.05) is 13.2 Å². The monoisotopic (exact) mass is 275 g/mol. The molecule has 1 fully saturated rings. The molecule has 2 N–H and O–H groups in total. The topological polar surface area (TPSA) is 41.5 Å². The number of hydrogen-bond donors (Lipinski definition) is 2. The van der Waals surface area contributed by atoms with Gasteiger partial charge >= 0.3 is 0 Å². The molecule has 1 aromatic rings. The zero-order valence-corrected chi connectivity index (χ0v) is 12.3. The van der Waals surface area contributed by atoms with Gasteiger partial charge in [0.1, 0.15) is 5.75 Å². The predicted molar refractivity (Wildman–Crippen MR) is 80.1 cm³/mol. The van der Waals surface area contributed by atoms with E-state index in [0.29, 0.717) is 12.6 Å². The Kier molecular flexibility index (Phi) is 3.99. The van der Waals surface area contributed by atoms with Gasteiger partial charge in [0.25, 0.3) is 0 Å². The minimum Gasteiger partial charge on any atom is -0.493 e. The molecule has 0 aromatic heterocycles. The van der Waals surface area contributed by atoms with Crippen molar-refractivity contribution in [2.24, 2.45) is 0 Å². The lowest BCUT2D eigenvalue weighted by Crippen LogP contribution is -2.39. The first kappa shape index (κ1) is 13.9. The maximum atomic E-state index is 10.5. The maximum absolute atomic E-state index is 10.5. The van der Waals surface area contributed by atoms with Crippen molar-refractivity contribution in [3.63, 3.8) is 0 Å². The zero-order chi connectivity index (χ0) is 14.0. The Morgan fingerprint density at radius 3 is 2.90 bits per heavy atom. The lowest BCUT2D eigenvalue weighted by atomic mass is 9.97. The second kappa shape index (κ2) is 5.74. The van der Waals surface area contributed by atoms with Gasteiger partial charge in [-0.15, -0.1) is 0 Å². The Hall–Kier alpha value is -1.06. The van der Waals surface area contributed by atoms with Gasteiger partial charge in [0, 0.05) is 18.2 Å². The molecule has 3 heteroatoms. The quantitative estimate of drug-likeness (QED) is 0.890. The highest BCUT2D eigenvalue weighted by Gasteiger charge is 2.32. The molecule has 0 amide bonds. The summed E-state index contributed by atoms with van der Waals surface area (Å²) in [5.74, 6) is 1.00. The van der Waals surface area contributed by atoms with Crippen LogP contribution in [0.1, 0.15) is 55.7 Å². The van der Waals surface area contributed by atoms with Crippen molar-refractivity contribution in [3.05, 3.63) is 29.3 Å². The molecule has 1 saturated carbocycles. The largest absolute Gasteiger partial charge is 0.493 e. The van der Waals surface area contributed by atoms with E-state index < -0.39 is 5.60 Å². The number of rotatable bonds is 3. The first-order valence-corrected chi connectivity index (χ1v) is 7.85. The summed E-state index contributed by atoms with van der Waals surface area (Å²) in [6.07, 6.45) is 6.31. The van der Waals surface area contributed by atoms with Crippen LogP contribution < -0.4 is 10.1 Å². The molecule has 1 aliphatic heterocycles. The summed E-state index contributed by atoms with van der Waals surface area (Å²) in [6, 6.07) is 6.70. The molecule has 1 aliphatic carbocycles. The van der Waals surface area contributed by atoms with Gasteiger partial charge in [0.05, 0.1) is 12.2 Å². The summed E-state index contributed by atoms with van der Waals surface area (Å²) in [5.41, 5.74) is 2.03. The Bertz CT molecular complexity index is 466. The lowest BCUT2D eigenvalue weighted by Gasteiger charge is -2.27. The molecule has 1 unspecified atom stereocenters. The highest BCUT2D eigenvalue weighted by Crippen LogP contribution is 2.34. The molecule has 1 aromatic carbocycles. The fourth-order valence-electron chi connectivity index (χ4n) is 3.43. The Morgan fingerprint density at radius 2 is 2.10 bits per heavy atom. The molecule has 0 bridgehead atoms. The minimum absolute atomic E-state index is 0.303. The van der Waals surface area contributed by atoms with Gasteiger partial charge < -0.3 is 15.2 Å². The molecule has 0 radical (unpaired) electrons. The van der Waals surface area contributed by atoms with Crippen molar-refractivity contribution in [3.8, 4) is 5.75 Å². The Balaban J connectivity index is 1.74. The number of ether oxygens (including phenoxy) is 1. The molecule has 1 atom stereocenters. The summed E-state index contributed by atoms with van der Waals surface area (Å²) in [7, 11) is 0. The molecule has 1 heterocycles. The van der Waals surface area contributed by atoms with Gasteiger partial charge in [0.2, 0.25) is 0 Å². The highest BCUT2D eigenvalue weighted by molar-refractivity contribution is 5.39. The highest BCUT2D eigenvalue weighted by atomic mass is 16.5. The molecular weight excluding hydrogens is 250 g/mol. The van der Waals surface area contributed by atoms with E-state index >= 15 is 0 Å². The fraction of sp³-hybridized carbons (Fsp3) is 0.647. The summed E-state index contributed by atoms with van der Waals surface area (Å²) < 4.78 is 5.83. The van der Waals surface area contributed by atoms with Crippen LogP contribution in [-0.2, 0) is 0 Å². The van der Waals surface area contributed by atoms with Crippen molar-refractivity contribution in [1.29, 1.82) is 0 Å². The zero-order valence-electron chi connectivity index (χ0n) is 12.3. The third-order valence-corrected chi connectivity index (χ3v) is 4.65. The van der Waals surface area contributed by atoms with Gasteiger partial charge in [-0.05, 0) is 38.7 Å². The molecule has 3 rings (SSSR count). The van der Waals surface area contributed by atoms with Crippen LogP contribution >= 0.6 is 0 Å². The van der Waals surface area contributed by atoms with E-state index in [1.807, 2.05) is 0 Å². The van der Waals surface area contributed by atoms with Crippen LogP contribution in [0.4, 0.5) is 0 Å². The number of nitrogens with one attached hydrogen (secondary N) is 1. The van der Waals surface area contributed by atoms with Gasteiger partial charge in [-0.25, -0.2) is 0 Å². The summed E-state index contributed by atoms with van der Waals surface area (Å²) in [6.45, 7) is 3.61. The second-order valence-corrected chi connectivity index (χ2v) is 6.40. The number of benzene rings is 1. The Morgan fingerprint density at radius 1 is 1.30 bits per heavy atom. The van der Waals surface area contributed by atoms with E-state index in [-0.39, 0.29) is 0 Å². The van der Waals surface area contributed by atoms with Gasteiger partial charge in [0.15, 0.2) is 0 Å². The van der Waals surface area contributed by atoms with Gasteiger partial charge in [-0.1, -0.05) is 30.5 Å². The smallest absolute Gasteiger partial charge is 0.124 e. The first-order chi connectivity index (χ1) is 9.66. The molecule has 0 spiro atoms. The molecule has 2 aliphatic rings. The summed E-state index contributed by atoms with van der Waals surface area (Å²) in [4.78, 5) is 0. The first-order valence-electron chi connectivity index (χ1n) is 7.85.